The Morgan fingerprint density at radius 3 is 2.15 bits per heavy atom. The van der Waals surface area contributed by atoms with Gasteiger partial charge in [0.1, 0.15) is 6.07 Å². The second kappa shape index (κ2) is 12.0. The van der Waals surface area contributed by atoms with Crippen LogP contribution in [0, 0.1) is 20.2 Å². The van der Waals surface area contributed by atoms with Crippen molar-refractivity contribution < 1.29 is 45.0 Å². The number of nitro groups is 2. The van der Waals surface area contributed by atoms with Crippen molar-refractivity contribution >= 4 is 27.4 Å². The molecule has 0 radical (unpaired) electrons. The lowest BCUT2D eigenvalue weighted by Crippen LogP contribution is -2.32. The third-order valence-electron chi connectivity index (χ3n) is 3.91. The van der Waals surface area contributed by atoms with Gasteiger partial charge < -0.3 is 11.1 Å². The number of amides is 1. The van der Waals surface area contributed by atoms with Crippen molar-refractivity contribution in [3.63, 3.8) is 0 Å². The Bertz CT molecular complexity index is 1140. The van der Waals surface area contributed by atoms with Crippen LogP contribution >= 0.6 is 0 Å². The quantitative estimate of drug-likeness (QED) is 0.132. The zero-order chi connectivity index (χ0) is 26.1. The molecule has 0 spiro atoms. The van der Waals surface area contributed by atoms with Gasteiger partial charge in [0.25, 0.3) is 17.3 Å². The monoisotopic (exact) mass is 510 g/mol. The summed E-state index contributed by atoms with van der Waals surface area (Å²) >= 11 is 0. The molecule has 186 valence electrons. The third-order valence-corrected chi connectivity index (χ3v) is 4.91. The summed E-state index contributed by atoms with van der Waals surface area (Å²) in [5.74, 6) is -0.279. The molecule has 1 aromatic heterocycles. The summed E-state index contributed by atoms with van der Waals surface area (Å²) in [6.07, 6.45) is 3.62. The number of hydrogen-bond donors (Lipinski definition) is 2. The molecule has 0 aliphatic rings. The molecule has 0 unspecified atom stereocenters. The number of carbonyl (C=O) groups excluding carboxylic acids is 1. The van der Waals surface area contributed by atoms with Gasteiger partial charge in [0, 0.05) is 30.8 Å². The van der Waals surface area contributed by atoms with Gasteiger partial charge in [0.2, 0.25) is 0 Å². The van der Waals surface area contributed by atoms with Crippen LogP contribution in [0.3, 0.4) is 0 Å². The SMILES string of the molecule is COS(=O)(=O)C(F)(F)F.NCCCNC(=O)c1cc[n+](-c2ccc([N+](=O)[O-])cc2[N+](=O)[O-])cc1. The fourth-order valence-corrected chi connectivity index (χ4v) is 2.42. The predicted molar refractivity (Wildman–Crippen MR) is 109 cm³/mol. The molecule has 0 aliphatic carbocycles. The van der Waals surface area contributed by atoms with Crippen LogP contribution in [0.4, 0.5) is 24.5 Å². The highest BCUT2D eigenvalue weighted by Gasteiger charge is 2.46. The number of nitrogens with two attached hydrogens (primary N) is 1. The summed E-state index contributed by atoms with van der Waals surface area (Å²) in [6, 6.07) is 6.38. The molecule has 2 aromatic rings. The molecule has 13 nitrogen and oxygen atoms in total. The van der Waals surface area contributed by atoms with Crippen molar-refractivity contribution in [3.8, 4) is 5.69 Å². The second-order valence-corrected chi connectivity index (χ2v) is 7.85. The maximum Gasteiger partial charge on any atom is 0.523 e. The fraction of sp³-hybridized carbons (Fsp3) is 0.294. The highest BCUT2D eigenvalue weighted by atomic mass is 32.2. The number of aromatic nitrogens is 1. The Morgan fingerprint density at radius 2 is 1.74 bits per heavy atom. The van der Waals surface area contributed by atoms with E-state index in [1.165, 1.54) is 41.2 Å². The highest BCUT2D eigenvalue weighted by molar-refractivity contribution is 7.87. The van der Waals surface area contributed by atoms with E-state index < -0.39 is 31.2 Å². The summed E-state index contributed by atoms with van der Waals surface area (Å²) in [4.78, 5) is 32.5. The van der Waals surface area contributed by atoms with E-state index in [0.717, 1.165) is 6.07 Å². The number of pyridine rings is 1. The maximum atomic E-state index is 11.9. The molecule has 0 bridgehead atoms. The molecule has 1 aromatic carbocycles. The molecule has 3 N–H and O–H groups in total. The number of nitrogens with one attached hydrogen (secondary N) is 1. The van der Waals surface area contributed by atoms with E-state index in [0.29, 0.717) is 32.2 Å². The number of halogens is 3. The van der Waals surface area contributed by atoms with Crippen molar-refractivity contribution in [2.75, 3.05) is 20.2 Å². The lowest BCUT2D eigenvalue weighted by atomic mass is 10.2. The summed E-state index contributed by atoms with van der Waals surface area (Å²) in [6.45, 7) is 0.928. The number of benzene rings is 1. The first-order valence-corrected chi connectivity index (χ1v) is 10.5. The number of carbonyl (C=O) groups is 1. The highest BCUT2D eigenvalue weighted by Crippen LogP contribution is 2.25. The smallest absolute Gasteiger partial charge is 0.352 e. The van der Waals surface area contributed by atoms with Crippen LogP contribution in [0.15, 0.2) is 42.7 Å². The van der Waals surface area contributed by atoms with Gasteiger partial charge in [-0.25, -0.2) is 0 Å². The second-order valence-electron chi connectivity index (χ2n) is 6.15. The van der Waals surface area contributed by atoms with E-state index in [1.807, 2.05) is 0 Å². The minimum atomic E-state index is -5.34. The molecule has 0 fully saturated rings. The van der Waals surface area contributed by atoms with Gasteiger partial charge >= 0.3 is 21.3 Å². The normalized spacial score (nSPS) is 11.2. The van der Waals surface area contributed by atoms with Gasteiger partial charge in [-0.2, -0.15) is 26.2 Å². The van der Waals surface area contributed by atoms with Crippen molar-refractivity contribution in [3.05, 3.63) is 68.5 Å². The molecule has 0 aliphatic heterocycles. The zero-order valence-corrected chi connectivity index (χ0v) is 18.2. The van der Waals surface area contributed by atoms with Crippen molar-refractivity contribution in [2.45, 2.75) is 11.9 Å². The Labute approximate surface area is 190 Å². The van der Waals surface area contributed by atoms with Crippen LogP contribution in [0.2, 0.25) is 0 Å². The van der Waals surface area contributed by atoms with Gasteiger partial charge in [-0.1, -0.05) is 0 Å². The molecule has 0 saturated heterocycles. The predicted octanol–water partition coefficient (Wildman–Crippen LogP) is 1.34. The molecular weight excluding hydrogens is 491 g/mol. The molecule has 2 rings (SSSR count). The standard InChI is InChI=1S/C15H15N5O5.C2H3F3O3S/c16-6-1-7-17-15(21)11-4-8-18(9-5-11)13-3-2-12(19(22)23)10-14(13)20(24)25;1-8-9(6,7)2(3,4)5/h2-5,8-10H,1,6-7,16H2;1H3/p+1. The number of non-ortho nitro benzene ring substituents is 1. The Kier molecular flexibility index (Phi) is 9.96. The van der Waals surface area contributed by atoms with E-state index in [9.17, 15) is 46.6 Å². The van der Waals surface area contributed by atoms with E-state index in [1.54, 1.807) is 0 Å². The minimum absolute atomic E-state index is 0.158. The molecule has 0 saturated carbocycles. The van der Waals surface area contributed by atoms with Gasteiger partial charge in [-0.3, -0.25) is 29.2 Å². The van der Waals surface area contributed by atoms with Gasteiger partial charge in [-0.15, -0.1) is 0 Å². The molecule has 1 heterocycles. The van der Waals surface area contributed by atoms with Crippen LogP contribution in [-0.4, -0.2) is 49.9 Å². The molecule has 1 amide bonds. The Balaban J connectivity index is 0.000000546. The number of nitro benzene ring substituents is 2. The lowest BCUT2D eigenvalue weighted by molar-refractivity contribution is -0.601. The van der Waals surface area contributed by atoms with Crippen LogP contribution in [-0.2, 0) is 14.3 Å². The lowest BCUT2D eigenvalue weighted by Gasteiger charge is -2.03. The first kappa shape index (κ1) is 28.3. The van der Waals surface area contributed by atoms with Crippen molar-refractivity contribution in [2.24, 2.45) is 5.73 Å². The fourth-order valence-electron chi connectivity index (χ4n) is 2.23. The number of hydrogen-bond acceptors (Lipinski definition) is 9. The van der Waals surface area contributed by atoms with Crippen LogP contribution in [0.25, 0.3) is 5.69 Å². The number of rotatable bonds is 8. The zero-order valence-electron chi connectivity index (χ0n) is 17.4. The van der Waals surface area contributed by atoms with Crippen LogP contribution in [0.1, 0.15) is 16.8 Å². The largest absolute Gasteiger partial charge is 0.523 e. The maximum absolute atomic E-state index is 11.9. The summed E-state index contributed by atoms with van der Waals surface area (Å²) < 4.78 is 57.3. The molecule has 17 heteroatoms. The average Bonchev–Trinajstić information content (AvgIpc) is 2.78. The van der Waals surface area contributed by atoms with E-state index >= 15 is 0 Å². The van der Waals surface area contributed by atoms with Gasteiger partial charge in [0.15, 0.2) is 12.4 Å². The average molecular weight is 510 g/mol. The first-order valence-electron chi connectivity index (χ1n) is 9.04. The third kappa shape index (κ3) is 7.71. The van der Waals surface area contributed by atoms with Gasteiger partial charge in [-0.05, 0) is 13.0 Å². The summed E-state index contributed by atoms with van der Waals surface area (Å²) in [5.41, 5.74) is -0.177. The first-order chi connectivity index (χ1) is 15.7. The van der Waals surface area contributed by atoms with E-state index in [-0.39, 0.29) is 17.3 Å². The number of nitrogens with zero attached hydrogens (tertiary/aromatic N) is 3. The van der Waals surface area contributed by atoms with E-state index in [2.05, 4.69) is 9.50 Å². The van der Waals surface area contributed by atoms with Crippen molar-refractivity contribution in [1.29, 1.82) is 0 Å². The molecule has 34 heavy (non-hydrogen) atoms. The van der Waals surface area contributed by atoms with Crippen LogP contribution < -0.4 is 15.6 Å². The Hall–Kier alpha value is -3.70. The number of alkyl halides is 3. The van der Waals surface area contributed by atoms with Crippen molar-refractivity contribution in [1.82, 2.24) is 5.32 Å². The topological polar surface area (TPSA) is 189 Å². The summed E-state index contributed by atoms with van der Waals surface area (Å²) in [7, 11) is -4.89. The van der Waals surface area contributed by atoms with Crippen LogP contribution in [0.5, 0.6) is 0 Å². The minimum Gasteiger partial charge on any atom is -0.352 e. The Morgan fingerprint density at radius 1 is 1.15 bits per heavy atom. The van der Waals surface area contributed by atoms with Gasteiger partial charge in [0.05, 0.1) is 22.5 Å². The molecular formula is C17H19F3N5O8S+. The summed E-state index contributed by atoms with van der Waals surface area (Å²) in [5, 5.41) is 24.7. The van der Waals surface area contributed by atoms with E-state index in [4.69, 9.17) is 5.73 Å². The molecule has 0 atom stereocenters.